The zero-order chi connectivity index (χ0) is 10.0. The van der Waals surface area contributed by atoms with Crippen molar-refractivity contribution in [1.82, 2.24) is 4.98 Å². The molecule has 0 aromatic carbocycles. The van der Waals surface area contributed by atoms with Gasteiger partial charge in [-0.2, -0.15) is 5.26 Å². The molecule has 0 radical (unpaired) electrons. The maximum atomic E-state index is 12.3. The Bertz CT molecular complexity index is 375. The normalized spacial score (nSPS) is 10.2. The Kier molecular flexibility index (Phi) is 3.39. The van der Waals surface area contributed by atoms with E-state index in [2.05, 4.69) is 4.98 Å². The van der Waals surface area contributed by atoms with Gasteiger partial charge >= 0.3 is 0 Å². The monoisotopic (exact) mass is 314 g/mol. The minimum atomic E-state index is -2.64. The summed E-state index contributed by atoms with van der Waals surface area (Å²) in [5.74, 6) is 0. The van der Waals surface area contributed by atoms with Crippen LogP contribution in [0.15, 0.2) is 6.07 Å². The second-order valence-electron chi connectivity index (χ2n) is 2.12. The lowest BCUT2D eigenvalue weighted by Gasteiger charge is -2.03. The first-order valence-electron chi connectivity index (χ1n) is 3.10. The number of halogens is 4. The van der Waals surface area contributed by atoms with Crippen molar-refractivity contribution in [1.29, 1.82) is 5.26 Å². The number of hydrogen-bond donors (Lipinski definition) is 0. The van der Waals surface area contributed by atoms with Gasteiger partial charge < -0.3 is 0 Å². The summed E-state index contributed by atoms with van der Waals surface area (Å²) in [6.07, 6.45) is -2.64. The SMILES string of the molecule is N#Cc1cc(C(F)F)c(I)nc1Cl. The van der Waals surface area contributed by atoms with E-state index in [9.17, 15) is 8.78 Å². The maximum Gasteiger partial charge on any atom is 0.266 e. The molecule has 0 saturated carbocycles. The van der Waals surface area contributed by atoms with Crippen molar-refractivity contribution in [2.45, 2.75) is 6.43 Å². The van der Waals surface area contributed by atoms with E-state index < -0.39 is 6.43 Å². The lowest BCUT2D eigenvalue weighted by atomic mass is 10.2. The lowest BCUT2D eigenvalue weighted by molar-refractivity contribution is 0.150. The van der Waals surface area contributed by atoms with E-state index in [1.807, 2.05) is 0 Å². The summed E-state index contributed by atoms with van der Waals surface area (Å²) in [4.78, 5) is 3.62. The van der Waals surface area contributed by atoms with Crippen molar-refractivity contribution in [2.75, 3.05) is 0 Å². The molecule has 0 saturated heterocycles. The van der Waals surface area contributed by atoms with Crippen LogP contribution in [0.1, 0.15) is 17.6 Å². The molecule has 1 aromatic rings. The second-order valence-corrected chi connectivity index (χ2v) is 3.50. The summed E-state index contributed by atoms with van der Waals surface area (Å²) in [5, 5.41) is 8.45. The van der Waals surface area contributed by atoms with E-state index in [0.717, 1.165) is 6.07 Å². The molecule has 0 atom stereocenters. The third-order valence-corrected chi connectivity index (χ3v) is 2.46. The van der Waals surface area contributed by atoms with E-state index in [-0.39, 0.29) is 20.0 Å². The van der Waals surface area contributed by atoms with Crippen molar-refractivity contribution >= 4 is 34.2 Å². The van der Waals surface area contributed by atoms with Gasteiger partial charge in [0.25, 0.3) is 6.43 Å². The van der Waals surface area contributed by atoms with Gasteiger partial charge in [0, 0.05) is 0 Å². The molecular weight excluding hydrogens is 312 g/mol. The number of alkyl halides is 2. The molecule has 0 bridgehead atoms. The van der Waals surface area contributed by atoms with E-state index in [1.165, 1.54) is 0 Å². The molecule has 2 nitrogen and oxygen atoms in total. The van der Waals surface area contributed by atoms with Crippen LogP contribution in [0.2, 0.25) is 5.15 Å². The minimum absolute atomic E-state index is 0.0302. The Morgan fingerprint density at radius 3 is 2.69 bits per heavy atom. The molecule has 0 fully saturated rings. The second kappa shape index (κ2) is 4.15. The fourth-order valence-corrected chi connectivity index (χ4v) is 1.67. The van der Waals surface area contributed by atoms with Crippen LogP contribution in [0.3, 0.4) is 0 Å². The maximum absolute atomic E-state index is 12.3. The van der Waals surface area contributed by atoms with Crippen LogP contribution in [0, 0.1) is 15.0 Å². The number of pyridine rings is 1. The molecule has 0 aliphatic heterocycles. The summed E-state index contributed by atoms with van der Waals surface area (Å²) in [5.41, 5.74) is -0.293. The van der Waals surface area contributed by atoms with Gasteiger partial charge in [0.05, 0.1) is 11.1 Å². The highest BCUT2D eigenvalue weighted by molar-refractivity contribution is 14.1. The first kappa shape index (κ1) is 10.6. The number of nitriles is 1. The van der Waals surface area contributed by atoms with Crippen molar-refractivity contribution in [3.05, 3.63) is 26.0 Å². The predicted octanol–water partition coefficient (Wildman–Crippen LogP) is 3.15. The average molecular weight is 314 g/mol. The fourth-order valence-electron chi connectivity index (χ4n) is 0.717. The van der Waals surface area contributed by atoms with Crippen molar-refractivity contribution in [3.8, 4) is 6.07 Å². The molecule has 0 aliphatic carbocycles. The van der Waals surface area contributed by atoms with Crippen molar-refractivity contribution in [2.24, 2.45) is 0 Å². The van der Waals surface area contributed by atoms with Gasteiger partial charge in [0.2, 0.25) is 0 Å². The molecule has 0 spiro atoms. The highest BCUT2D eigenvalue weighted by Crippen LogP contribution is 2.26. The Morgan fingerprint density at radius 1 is 1.62 bits per heavy atom. The van der Waals surface area contributed by atoms with Crippen LogP contribution in [0.4, 0.5) is 8.78 Å². The Hall–Kier alpha value is -0.480. The smallest absolute Gasteiger partial charge is 0.228 e. The van der Waals surface area contributed by atoms with Gasteiger partial charge in [0.15, 0.2) is 0 Å². The van der Waals surface area contributed by atoms with Crippen LogP contribution >= 0.6 is 34.2 Å². The quantitative estimate of drug-likeness (QED) is 0.590. The highest BCUT2D eigenvalue weighted by Gasteiger charge is 2.15. The summed E-state index contributed by atoms with van der Waals surface area (Å²) >= 11 is 7.17. The van der Waals surface area contributed by atoms with Gasteiger partial charge in [-0.3, -0.25) is 0 Å². The van der Waals surface area contributed by atoms with Crippen LogP contribution in [0.25, 0.3) is 0 Å². The Balaban J connectivity index is 3.33. The minimum Gasteiger partial charge on any atom is -0.228 e. The van der Waals surface area contributed by atoms with Crippen LogP contribution in [-0.4, -0.2) is 4.98 Å². The standard InChI is InChI=1S/C7H2ClF2IN2/c8-5-3(2-12)1-4(6(9)10)7(11)13-5/h1,6H. The number of nitrogens with zero attached hydrogens (tertiary/aromatic N) is 2. The molecule has 0 aliphatic rings. The van der Waals surface area contributed by atoms with Crippen molar-refractivity contribution in [3.63, 3.8) is 0 Å². The van der Waals surface area contributed by atoms with Crippen LogP contribution in [-0.2, 0) is 0 Å². The van der Waals surface area contributed by atoms with Gasteiger partial charge in [-0.1, -0.05) is 11.6 Å². The zero-order valence-electron chi connectivity index (χ0n) is 6.06. The predicted molar refractivity (Wildman–Crippen MR) is 51.6 cm³/mol. The molecule has 0 N–H and O–H groups in total. The largest absolute Gasteiger partial charge is 0.266 e. The van der Waals surface area contributed by atoms with Crippen LogP contribution in [0.5, 0.6) is 0 Å². The van der Waals surface area contributed by atoms with E-state index >= 15 is 0 Å². The van der Waals surface area contributed by atoms with Crippen molar-refractivity contribution < 1.29 is 8.78 Å². The van der Waals surface area contributed by atoms with Crippen LogP contribution < -0.4 is 0 Å². The third-order valence-electron chi connectivity index (χ3n) is 1.31. The van der Waals surface area contributed by atoms with E-state index in [1.54, 1.807) is 28.7 Å². The number of hydrogen-bond acceptors (Lipinski definition) is 2. The number of rotatable bonds is 1. The Labute approximate surface area is 91.7 Å². The lowest BCUT2D eigenvalue weighted by Crippen LogP contribution is -1.96. The van der Waals surface area contributed by atoms with E-state index in [0.29, 0.717) is 0 Å². The molecule has 1 aromatic heterocycles. The molecular formula is C7H2ClF2IN2. The molecule has 6 heteroatoms. The Morgan fingerprint density at radius 2 is 2.23 bits per heavy atom. The molecule has 13 heavy (non-hydrogen) atoms. The number of aromatic nitrogens is 1. The summed E-state index contributed by atoms with van der Waals surface area (Å²) in [6.45, 7) is 0. The fraction of sp³-hybridized carbons (Fsp3) is 0.143. The molecule has 0 unspecified atom stereocenters. The summed E-state index contributed by atoms with van der Waals surface area (Å²) in [6, 6.07) is 2.74. The topological polar surface area (TPSA) is 36.7 Å². The zero-order valence-corrected chi connectivity index (χ0v) is 8.97. The van der Waals surface area contributed by atoms with Gasteiger partial charge in [-0.05, 0) is 28.7 Å². The van der Waals surface area contributed by atoms with Gasteiger partial charge in [0.1, 0.15) is 14.9 Å². The molecule has 1 heterocycles. The first-order chi connectivity index (χ1) is 6.06. The van der Waals surface area contributed by atoms with E-state index in [4.69, 9.17) is 16.9 Å². The third kappa shape index (κ3) is 2.25. The van der Waals surface area contributed by atoms with Gasteiger partial charge in [-0.25, -0.2) is 13.8 Å². The first-order valence-corrected chi connectivity index (χ1v) is 4.56. The molecule has 68 valence electrons. The van der Waals surface area contributed by atoms with Gasteiger partial charge in [-0.15, -0.1) is 0 Å². The average Bonchev–Trinajstić information content (AvgIpc) is 2.03. The molecule has 0 amide bonds. The summed E-state index contributed by atoms with van der Waals surface area (Å²) < 4.78 is 24.7. The summed E-state index contributed by atoms with van der Waals surface area (Å²) in [7, 11) is 0. The molecule has 1 rings (SSSR count). The highest BCUT2D eigenvalue weighted by atomic mass is 127.